The first-order valence-electron chi connectivity index (χ1n) is 16.7. The molecule has 1 aliphatic heterocycles. The largest absolute Gasteiger partial charge is 0.452 e. The van der Waals surface area contributed by atoms with Crippen LogP contribution < -0.4 is 9.47 Å². The lowest BCUT2D eigenvalue weighted by atomic mass is 9.95. The lowest BCUT2D eigenvalue weighted by Crippen LogP contribution is -2.34. The van der Waals surface area contributed by atoms with E-state index in [0.717, 1.165) is 83.8 Å². The molecule has 8 aromatic rings. The van der Waals surface area contributed by atoms with E-state index in [1.54, 1.807) is 0 Å². The summed E-state index contributed by atoms with van der Waals surface area (Å²) in [5.74, 6) is 0.601. The van der Waals surface area contributed by atoms with Gasteiger partial charge in [0, 0.05) is 52.6 Å². The average Bonchev–Trinajstić information content (AvgIpc) is 3.43. The van der Waals surface area contributed by atoms with E-state index in [0.29, 0.717) is 5.56 Å². The van der Waals surface area contributed by atoms with E-state index in [-0.39, 0.29) is 0 Å². The molecule has 1 aliphatic rings. The number of benzene rings is 6. The first kappa shape index (κ1) is 29.5. The third kappa shape index (κ3) is 5.06. The van der Waals surface area contributed by atoms with Crippen molar-refractivity contribution < 1.29 is 9.47 Å². The van der Waals surface area contributed by atoms with Crippen molar-refractivity contribution in [3.8, 4) is 68.0 Å². The highest BCUT2D eigenvalue weighted by molar-refractivity contribution is 6.09. The van der Waals surface area contributed by atoms with Crippen LogP contribution in [0.2, 0.25) is 0 Å². The lowest BCUT2D eigenvalue weighted by molar-refractivity contribution is -0.0778. The summed E-state index contributed by atoms with van der Waals surface area (Å²) < 4.78 is 15.3. The van der Waals surface area contributed by atoms with E-state index in [1.807, 2.05) is 86.6 Å². The predicted molar refractivity (Wildman–Crippen MR) is 200 cm³/mol. The molecule has 0 bridgehead atoms. The van der Waals surface area contributed by atoms with Crippen molar-refractivity contribution >= 4 is 21.8 Å². The van der Waals surface area contributed by atoms with Crippen LogP contribution in [0.3, 0.4) is 0 Å². The molecule has 0 aliphatic carbocycles. The van der Waals surface area contributed by atoms with Gasteiger partial charge in [-0.3, -0.25) is 0 Å². The van der Waals surface area contributed by atoms with E-state index in [9.17, 15) is 5.26 Å². The molecule has 0 atom stereocenters. The van der Waals surface area contributed by atoms with Crippen molar-refractivity contribution in [2.45, 2.75) is 19.6 Å². The minimum absolute atomic E-state index is 0.638. The fourth-order valence-electron chi connectivity index (χ4n) is 7.05. The van der Waals surface area contributed by atoms with E-state index in [1.165, 1.54) is 0 Å². The fourth-order valence-corrected chi connectivity index (χ4v) is 7.05. The topological polar surface area (TPSA) is 60.1 Å². The van der Waals surface area contributed by atoms with E-state index >= 15 is 0 Å². The van der Waals surface area contributed by atoms with Gasteiger partial charge in [0.1, 0.15) is 11.5 Å². The average molecular weight is 646 g/mol. The normalized spacial score (nSPS) is 13.1. The van der Waals surface area contributed by atoms with Gasteiger partial charge >= 0.3 is 0 Å². The van der Waals surface area contributed by atoms with Crippen LogP contribution in [-0.2, 0) is 0 Å². The van der Waals surface area contributed by atoms with Crippen LogP contribution in [0, 0.1) is 11.3 Å². The Morgan fingerprint density at radius 1 is 0.540 bits per heavy atom. The quantitative estimate of drug-likeness (QED) is 0.191. The minimum Gasteiger partial charge on any atom is -0.452 e. The summed E-state index contributed by atoms with van der Waals surface area (Å²) in [4.78, 5) is 5.09. The second-order valence-corrected chi connectivity index (χ2v) is 13.0. The number of nitrogens with zero attached hydrogens (tertiary/aromatic N) is 3. The van der Waals surface area contributed by atoms with Gasteiger partial charge in [-0.2, -0.15) is 5.26 Å². The maximum atomic E-state index is 9.65. The second-order valence-electron chi connectivity index (χ2n) is 13.0. The zero-order valence-corrected chi connectivity index (χ0v) is 27.6. The Morgan fingerprint density at radius 2 is 1.14 bits per heavy atom. The number of para-hydroxylation sites is 1. The molecule has 0 amide bonds. The monoisotopic (exact) mass is 645 g/mol. The Labute approximate surface area is 290 Å². The summed E-state index contributed by atoms with van der Waals surface area (Å²) in [5.41, 5.74) is 11.6. The third-order valence-corrected chi connectivity index (χ3v) is 9.30. The standard InChI is InChI=1S/C45H31N3O2/c1-45(2)49-43-21-18-32(33-25-39(30-11-5-3-6-12-30)47-40(26-33)31-13-7-4-8-14-31)24-37(43)38-27-34(19-22-44(38)50-45)48-41-16-10-9-15-35(41)36-23-29(28-46)17-20-42(36)48/h3-27H,1-2H3. The SMILES string of the molecule is CC1(C)Oc2ccc(-c3cc(-c4ccccc4)nc(-c4ccccc4)c3)cc2-c2cc(-n3c4ccccc4c4cc(C#N)ccc43)ccc2O1. The smallest absolute Gasteiger partial charge is 0.245 e. The van der Waals surface area contributed by atoms with Crippen LogP contribution in [0.1, 0.15) is 19.4 Å². The number of aromatic nitrogens is 2. The Kier molecular flexibility index (Phi) is 6.79. The van der Waals surface area contributed by atoms with E-state index < -0.39 is 5.79 Å². The van der Waals surface area contributed by atoms with Crippen molar-refractivity contribution in [3.63, 3.8) is 0 Å². The van der Waals surface area contributed by atoms with Crippen LogP contribution >= 0.6 is 0 Å². The predicted octanol–water partition coefficient (Wildman–Crippen LogP) is 11.2. The molecule has 5 nitrogen and oxygen atoms in total. The molecule has 0 saturated carbocycles. The highest BCUT2D eigenvalue weighted by Crippen LogP contribution is 2.46. The second kappa shape index (κ2) is 11.5. The zero-order chi connectivity index (χ0) is 33.8. The van der Waals surface area contributed by atoms with Gasteiger partial charge in [0.2, 0.25) is 5.79 Å². The fraction of sp³-hybridized carbons (Fsp3) is 0.0667. The minimum atomic E-state index is -0.888. The highest BCUT2D eigenvalue weighted by atomic mass is 16.7. The van der Waals surface area contributed by atoms with Gasteiger partial charge < -0.3 is 14.0 Å². The molecule has 6 aromatic carbocycles. The highest BCUT2D eigenvalue weighted by Gasteiger charge is 2.30. The number of pyridine rings is 1. The molecule has 0 spiro atoms. The maximum absolute atomic E-state index is 9.65. The third-order valence-electron chi connectivity index (χ3n) is 9.30. The Balaban J connectivity index is 1.25. The van der Waals surface area contributed by atoms with Gasteiger partial charge in [-0.15, -0.1) is 0 Å². The Morgan fingerprint density at radius 3 is 1.82 bits per heavy atom. The summed E-state index contributed by atoms with van der Waals surface area (Å²) >= 11 is 0. The number of hydrogen-bond acceptors (Lipinski definition) is 4. The van der Waals surface area contributed by atoms with Gasteiger partial charge in [0.05, 0.1) is 34.1 Å². The molecule has 238 valence electrons. The number of nitriles is 1. The molecule has 0 fully saturated rings. The van der Waals surface area contributed by atoms with Crippen LogP contribution in [0.5, 0.6) is 11.5 Å². The molecule has 2 aromatic heterocycles. The van der Waals surface area contributed by atoms with Crippen LogP contribution in [0.15, 0.2) is 152 Å². The Bertz CT molecular complexity index is 2580. The molecule has 0 unspecified atom stereocenters. The number of fused-ring (bicyclic) bond motifs is 6. The molecule has 0 radical (unpaired) electrons. The molecule has 3 heterocycles. The molecule has 9 rings (SSSR count). The summed E-state index contributed by atoms with van der Waals surface area (Å²) in [7, 11) is 0. The van der Waals surface area contributed by atoms with E-state index in [4.69, 9.17) is 14.5 Å². The zero-order valence-electron chi connectivity index (χ0n) is 27.6. The summed E-state index contributed by atoms with van der Waals surface area (Å²) in [6.07, 6.45) is 0. The van der Waals surface area contributed by atoms with E-state index in [2.05, 4.69) is 89.5 Å². The molecular weight excluding hydrogens is 615 g/mol. The first-order chi connectivity index (χ1) is 24.4. The molecule has 0 N–H and O–H groups in total. The van der Waals surface area contributed by atoms with Crippen molar-refractivity contribution in [2.75, 3.05) is 0 Å². The van der Waals surface area contributed by atoms with Crippen molar-refractivity contribution in [1.82, 2.24) is 9.55 Å². The lowest BCUT2D eigenvalue weighted by Gasteiger charge is -2.25. The van der Waals surface area contributed by atoms with Crippen LogP contribution in [-0.4, -0.2) is 15.3 Å². The van der Waals surface area contributed by atoms with Crippen molar-refractivity contribution in [2.24, 2.45) is 0 Å². The van der Waals surface area contributed by atoms with Gasteiger partial charge in [-0.05, 0) is 77.9 Å². The van der Waals surface area contributed by atoms with Gasteiger partial charge in [0.25, 0.3) is 0 Å². The van der Waals surface area contributed by atoms with Gasteiger partial charge in [-0.25, -0.2) is 4.98 Å². The summed E-state index contributed by atoms with van der Waals surface area (Å²) in [6, 6.07) is 54.1. The molecular formula is C45H31N3O2. The van der Waals surface area contributed by atoms with Crippen LogP contribution in [0.4, 0.5) is 0 Å². The van der Waals surface area contributed by atoms with Crippen LogP contribution in [0.25, 0.3) is 72.3 Å². The maximum Gasteiger partial charge on any atom is 0.245 e. The van der Waals surface area contributed by atoms with Gasteiger partial charge in [-0.1, -0.05) is 84.9 Å². The number of rotatable bonds is 4. The first-order valence-corrected chi connectivity index (χ1v) is 16.7. The Hall–Kier alpha value is -6.64. The van der Waals surface area contributed by atoms with Gasteiger partial charge in [0.15, 0.2) is 0 Å². The van der Waals surface area contributed by atoms with Crippen molar-refractivity contribution in [3.05, 3.63) is 157 Å². The summed E-state index contributed by atoms with van der Waals surface area (Å²) in [6.45, 7) is 3.88. The summed E-state index contributed by atoms with van der Waals surface area (Å²) in [5, 5.41) is 11.8. The molecule has 50 heavy (non-hydrogen) atoms. The number of hydrogen-bond donors (Lipinski definition) is 0. The molecule has 5 heteroatoms. The number of ether oxygens (including phenoxy) is 2. The van der Waals surface area contributed by atoms with Crippen molar-refractivity contribution in [1.29, 1.82) is 5.26 Å². The molecule has 0 saturated heterocycles.